The third-order valence-corrected chi connectivity index (χ3v) is 6.01. The third-order valence-electron chi connectivity index (χ3n) is 3.86. The number of nitrogens with one attached hydrogen (secondary N) is 1. The van der Waals surface area contributed by atoms with Gasteiger partial charge in [-0.2, -0.15) is 8.75 Å². The molecule has 1 aliphatic heterocycles. The number of aliphatic imine (C=N–C) groups is 1. The highest BCUT2D eigenvalue weighted by molar-refractivity contribution is 8.15. The molecule has 1 N–H and O–H groups in total. The number of fused-ring (bicyclic) bond motifs is 1. The molecule has 2 heterocycles. The summed E-state index contributed by atoms with van der Waals surface area (Å²) in [7, 11) is 0. The monoisotopic (exact) mass is 340 g/mol. The van der Waals surface area contributed by atoms with Crippen molar-refractivity contribution in [2.24, 2.45) is 10.9 Å². The van der Waals surface area contributed by atoms with Gasteiger partial charge in [0.25, 0.3) is 0 Å². The fraction of sp³-hybridized carbons (Fsp3) is 0.500. The summed E-state index contributed by atoms with van der Waals surface area (Å²) in [5.74, 6) is 0.713. The number of nitrogens with zero attached hydrogens (tertiary/aromatic N) is 3. The Morgan fingerprint density at radius 2 is 2.14 bits per heavy atom. The molecular weight excluding hydrogens is 324 g/mol. The van der Waals surface area contributed by atoms with E-state index in [0.29, 0.717) is 16.2 Å². The van der Waals surface area contributed by atoms with E-state index in [9.17, 15) is 0 Å². The van der Waals surface area contributed by atoms with Crippen molar-refractivity contribution in [1.29, 1.82) is 0 Å². The van der Waals surface area contributed by atoms with Crippen molar-refractivity contribution in [3.05, 3.63) is 17.2 Å². The lowest BCUT2D eigenvalue weighted by Crippen LogP contribution is -2.17. The van der Waals surface area contributed by atoms with Gasteiger partial charge in [-0.25, -0.2) is 0 Å². The van der Waals surface area contributed by atoms with Crippen LogP contribution >= 0.6 is 35.1 Å². The fourth-order valence-electron chi connectivity index (χ4n) is 2.57. The molecule has 0 saturated heterocycles. The van der Waals surface area contributed by atoms with Gasteiger partial charge in [-0.3, -0.25) is 4.99 Å². The largest absolute Gasteiger partial charge is 0.332 e. The first-order valence-corrected chi connectivity index (χ1v) is 9.10. The Bertz CT molecular complexity index is 666. The first kappa shape index (κ1) is 15.1. The topological polar surface area (TPSA) is 50.2 Å². The van der Waals surface area contributed by atoms with Crippen LogP contribution in [0.4, 0.5) is 5.69 Å². The molecule has 1 unspecified atom stereocenters. The van der Waals surface area contributed by atoms with Crippen molar-refractivity contribution in [3.63, 3.8) is 0 Å². The van der Waals surface area contributed by atoms with Crippen LogP contribution in [0.25, 0.3) is 11.0 Å². The molecule has 0 aliphatic carbocycles. The second-order valence-corrected chi connectivity index (χ2v) is 7.22. The van der Waals surface area contributed by atoms with Crippen LogP contribution in [0.3, 0.4) is 0 Å². The lowest BCUT2D eigenvalue weighted by atomic mass is 9.99. The maximum absolute atomic E-state index is 6.30. The first-order valence-electron chi connectivity index (χ1n) is 7.11. The normalized spacial score (nSPS) is 18.5. The zero-order valence-electron chi connectivity index (χ0n) is 12.0. The van der Waals surface area contributed by atoms with Gasteiger partial charge < -0.3 is 5.32 Å². The third kappa shape index (κ3) is 3.03. The van der Waals surface area contributed by atoms with Crippen LogP contribution < -0.4 is 5.32 Å². The molecule has 0 saturated carbocycles. The molecule has 0 spiro atoms. The highest BCUT2D eigenvalue weighted by atomic mass is 35.5. The minimum atomic E-state index is 0.564. The summed E-state index contributed by atoms with van der Waals surface area (Å²) in [6, 6.07) is 3.75. The molecule has 0 amide bonds. The number of benzene rings is 1. The fourth-order valence-corrected chi connectivity index (χ4v) is 4.64. The van der Waals surface area contributed by atoms with E-state index in [-0.39, 0.29) is 0 Å². The van der Waals surface area contributed by atoms with Gasteiger partial charge in [0.15, 0.2) is 5.17 Å². The lowest BCUT2D eigenvalue weighted by molar-refractivity contribution is 0.479. The molecule has 1 aliphatic rings. The summed E-state index contributed by atoms with van der Waals surface area (Å²) in [5.41, 5.74) is 2.51. The lowest BCUT2D eigenvalue weighted by Gasteiger charge is -2.18. The summed E-state index contributed by atoms with van der Waals surface area (Å²) in [6.07, 6.45) is 2.40. The van der Waals surface area contributed by atoms with Crippen molar-refractivity contribution in [1.82, 2.24) is 8.75 Å². The maximum Gasteiger partial charge on any atom is 0.161 e. The van der Waals surface area contributed by atoms with Crippen LogP contribution in [-0.4, -0.2) is 25.7 Å². The van der Waals surface area contributed by atoms with Gasteiger partial charge in [-0.15, -0.1) is 0 Å². The van der Waals surface area contributed by atoms with E-state index >= 15 is 0 Å². The minimum absolute atomic E-state index is 0.564. The quantitative estimate of drug-likeness (QED) is 0.879. The molecule has 7 heteroatoms. The number of anilines is 1. The predicted molar refractivity (Wildman–Crippen MR) is 93.8 cm³/mol. The van der Waals surface area contributed by atoms with Crippen LogP contribution in [0, 0.1) is 5.92 Å². The highest BCUT2D eigenvalue weighted by Gasteiger charge is 2.26. The van der Waals surface area contributed by atoms with Crippen LogP contribution in [0.2, 0.25) is 5.02 Å². The smallest absolute Gasteiger partial charge is 0.161 e. The first-order chi connectivity index (χ1) is 10.2. The van der Waals surface area contributed by atoms with Crippen molar-refractivity contribution in [2.45, 2.75) is 31.9 Å². The molecule has 2 aromatic rings. The van der Waals surface area contributed by atoms with E-state index in [4.69, 9.17) is 11.6 Å². The molecule has 3 rings (SSSR count). The van der Waals surface area contributed by atoms with Gasteiger partial charge in [0.1, 0.15) is 11.0 Å². The Hall–Kier alpha value is -0.850. The Morgan fingerprint density at radius 1 is 1.33 bits per heavy atom. The second-order valence-electron chi connectivity index (χ2n) is 5.06. The van der Waals surface area contributed by atoms with Crippen LogP contribution in [0.15, 0.2) is 17.1 Å². The van der Waals surface area contributed by atoms with E-state index in [1.165, 1.54) is 24.6 Å². The number of halogens is 1. The molecule has 0 bridgehead atoms. The Labute approximate surface area is 137 Å². The molecule has 1 atom stereocenters. The van der Waals surface area contributed by atoms with Gasteiger partial charge in [0, 0.05) is 5.25 Å². The molecule has 0 fully saturated rings. The SMILES string of the molecule is CCC(CC)C1CN=C(Nc2c(Cl)ccc3nsnc23)S1. The average molecular weight is 341 g/mol. The predicted octanol–water partition coefficient (Wildman–Crippen LogP) is 4.66. The van der Waals surface area contributed by atoms with Crippen LogP contribution in [0.1, 0.15) is 26.7 Å². The van der Waals surface area contributed by atoms with Crippen molar-refractivity contribution < 1.29 is 0 Å². The van der Waals surface area contributed by atoms with Gasteiger partial charge >= 0.3 is 0 Å². The number of hydrogen-bond acceptors (Lipinski definition) is 6. The number of amidine groups is 1. The number of aromatic nitrogens is 2. The van der Waals surface area contributed by atoms with E-state index < -0.39 is 0 Å². The van der Waals surface area contributed by atoms with E-state index in [1.54, 1.807) is 0 Å². The zero-order chi connectivity index (χ0) is 14.8. The average Bonchev–Trinajstić information content (AvgIpc) is 3.12. The van der Waals surface area contributed by atoms with E-state index in [2.05, 4.69) is 32.9 Å². The molecular formula is C14H17ClN4S2. The van der Waals surface area contributed by atoms with Crippen LogP contribution in [-0.2, 0) is 0 Å². The molecule has 1 aromatic carbocycles. The Morgan fingerprint density at radius 3 is 2.90 bits per heavy atom. The Kier molecular flexibility index (Phi) is 4.66. The van der Waals surface area contributed by atoms with Gasteiger partial charge in [-0.05, 0) is 18.1 Å². The summed E-state index contributed by atoms with van der Waals surface area (Å²) in [4.78, 5) is 4.63. The van der Waals surface area contributed by atoms with Crippen molar-refractivity contribution in [2.75, 3.05) is 11.9 Å². The highest BCUT2D eigenvalue weighted by Crippen LogP contribution is 2.35. The van der Waals surface area contributed by atoms with Crippen LogP contribution in [0.5, 0.6) is 0 Å². The van der Waals surface area contributed by atoms with E-state index in [0.717, 1.165) is 28.4 Å². The molecule has 1 aromatic heterocycles. The number of thioether (sulfide) groups is 1. The molecule has 4 nitrogen and oxygen atoms in total. The molecule has 112 valence electrons. The molecule has 21 heavy (non-hydrogen) atoms. The zero-order valence-corrected chi connectivity index (χ0v) is 14.4. The Balaban J connectivity index is 1.78. The molecule has 0 radical (unpaired) electrons. The summed E-state index contributed by atoms with van der Waals surface area (Å²) in [5, 5.41) is 5.52. The second kappa shape index (κ2) is 6.50. The van der Waals surface area contributed by atoms with Gasteiger partial charge in [0.05, 0.1) is 29.0 Å². The number of rotatable bonds is 4. The number of hydrogen-bond donors (Lipinski definition) is 1. The summed E-state index contributed by atoms with van der Waals surface area (Å²) >= 11 is 9.32. The minimum Gasteiger partial charge on any atom is -0.332 e. The van der Waals surface area contributed by atoms with Gasteiger partial charge in [-0.1, -0.05) is 50.1 Å². The van der Waals surface area contributed by atoms with E-state index in [1.807, 2.05) is 23.9 Å². The summed E-state index contributed by atoms with van der Waals surface area (Å²) < 4.78 is 8.58. The maximum atomic E-state index is 6.30. The van der Waals surface area contributed by atoms with Crippen molar-refractivity contribution in [3.8, 4) is 0 Å². The summed E-state index contributed by atoms with van der Waals surface area (Å²) in [6.45, 7) is 5.37. The standard InChI is InChI=1S/C14H17ClN4S2/c1-3-8(4-2)11-7-16-14(20-11)17-12-9(15)5-6-10-13(12)19-21-18-10/h5-6,8,11H,3-4,7H2,1-2H3,(H,16,17). The van der Waals surface area contributed by atoms with Gasteiger partial charge in [0.2, 0.25) is 0 Å². The van der Waals surface area contributed by atoms with Crippen molar-refractivity contribution >= 4 is 57.0 Å².